The predicted octanol–water partition coefficient (Wildman–Crippen LogP) is 31.7. The Labute approximate surface area is 769 Å². The minimum Gasteiger partial charge on any atom is -0.456 e. The highest BCUT2D eigenvalue weighted by molar-refractivity contribution is 7.00. The Bertz CT molecular complexity index is 8970. The summed E-state index contributed by atoms with van der Waals surface area (Å²) in [5.41, 5.74) is 22.5. The Morgan fingerprint density at radius 1 is 0.256 bits per heavy atom. The number of fused-ring (bicyclic) bond motifs is 16. The van der Waals surface area contributed by atoms with E-state index in [2.05, 4.69) is 216 Å². The van der Waals surface area contributed by atoms with Gasteiger partial charge in [-0.25, -0.2) is 0 Å². The number of rotatable bonds is 12. The van der Waals surface area contributed by atoms with Crippen LogP contribution in [0.2, 0.25) is 0 Å². The van der Waals surface area contributed by atoms with E-state index in [4.69, 9.17) is 8.83 Å². The zero-order valence-electron chi connectivity index (χ0n) is 85.4. The molecule has 0 N–H and O–H groups in total. The van der Waals surface area contributed by atoms with Crippen LogP contribution in [-0.2, 0) is 10.8 Å². The van der Waals surface area contributed by atoms with Crippen LogP contribution in [-0.4, -0.2) is 15.8 Å². The first-order valence-corrected chi connectivity index (χ1v) is 43.8. The van der Waals surface area contributed by atoms with Gasteiger partial charge in [-0.2, -0.15) is 0 Å². The molecule has 25 rings (SSSR count). The Hall–Kier alpha value is -16.0. The van der Waals surface area contributed by atoms with E-state index in [1.807, 2.05) is 169 Å². The van der Waals surface area contributed by atoms with E-state index in [1.165, 1.54) is 0 Å². The van der Waals surface area contributed by atoms with Crippen LogP contribution in [0.5, 0.6) is 0 Å². The van der Waals surface area contributed by atoms with Crippen molar-refractivity contribution in [3.05, 3.63) is 429 Å². The highest BCUT2D eigenvalue weighted by Gasteiger charge is 2.47. The molecule has 2 aliphatic rings. The molecule has 0 spiro atoms. The van der Waals surface area contributed by atoms with Gasteiger partial charge in [0.25, 0.3) is 6.71 Å². The third kappa shape index (κ3) is 12.2. The van der Waals surface area contributed by atoms with Crippen LogP contribution in [0.15, 0.2) is 427 Å². The molecule has 610 valence electrons. The van der Waals surface area contributed by atoms with Crippen LogP contribution >= 0.6 is 0 Å². The standard InChI is InChI=1S/C122H87BN4O2/c1-121(2,3)86-59-63-94-92-43-16-20-53-104(92)124(106(94)72-86)88-61-65-102-108(74-88)126(119-90(83-41-25-38-80(68-83)77-33-12-8-13-34-77)47-27-51-98(119)96-49-29-57-114-116(96)100-45-18-22-55-112(100)128-114)110-70-85(82-40-24-37-79(67-82)76-31-10-7-11-32-76)71-111-118(110)123(102)103-66-62-89(125-105-54-21-17-44-93(105)95-64-60-87(73-107(95)125)122(4,5)6)75-109(103)127(111)120-91(84-42-26-39-81(69-84)78-35-14-9-15-36-78)48-28-52-99(120)97-50-30-58-115-117(97)101-46-19-23-56-113(101)129-115/h7-75H,1-6H3/i16D,17D,20D,21D,43D,44D,53D,54D,59D,60D,63D,64D,72D,73D. The van der Waals surface area contributed by atoms with Gasteiger partial charge in [0.1, 0.15) is 22.3 Å². The number of nitrogens with zero attached hydrogens (tertiary/aromatic N) is 4. The van der Waals surface area contributed by atoms with Crippen LogP contribution < -0.4 is 26.2 Å². The molecule has 0 saturated carbocycles. The first-order chi connectivity index (χ1) is 69.1. The zero-order chi connectivity index (χ0) is 98.3. The quantitative estimate of drug-likeness (QED) is 0.114. The van der Waals surface area contributed by atoms with Gasteiger partial charge in [-0.3, -0.25) is 0 Å². The molecule has 23 aromatic rings. The predicted molar refractivity (Wildman–Crippen MR) is 545 cm³/mol. The van der Waals surface area contributed by atoms with Gasteiger partial charge in [0.15, 0.2) is 0 Å². The summed E-state index contributed by atoms with van der Waals surface area (Å²) in [6.07, 6.45) is 0. The second-order valence-electron chi connectivity index (χ2n) is 35.9. The third-order valence-corrected chi connectivity index (χ3v) is 26.1. The molecule has 129 heavy (non-hydrogen) atoms. The summed E-state index contributed by atoms with van der Waals surface area (Å²) in [4.78, 5) is 4.78. The average Bonchev–Trinajstić information content (AvgIpc) is 1.50. The van der Waals surface area contributed by atoms with Gasteiger partial charge in [-0.15, -0.1) is 0 Å². The fourth-order valence-electron chi connectivity index (χ4n) is 20.2. The molecular formula is C122H87BN4O2. The molecular weight excluding hydrogens is 1560 g/mol. The monoisotopic (exact) mass is 1660 g/mol. The van der Waals surface area contributed by atoms with Crippen molar-refractivity contribution in [1.82, 2.24) is 9.13 Å². The molecule has 0 fully saturated rings. The molecule has 7 heteroatoms. The molecule has 0 radical (unpaired) electrons. The van der Waals surface area contributed by atoms with Gasteiger partial charge in [-0.05, 0) is 208 Å². The minimum absolute atomic E-state index is 0.00676. The molecule has 0 aliphatic carbocycles. The second-order valence-corrected chi connectivity index (χ2v) is 35.9. The maximum absolute atomic E-state index is 10.7. The van der Waals surface area contributed by atoms with E-state index in [0.717, 1.165) is 127 Å². The van der Waals surface area contributed by atoms with Gasteiger partial charge in [0.2, 0.25) is 0 Å². The molecule has 6 heterocycles. The number of aromatic nitrogens is 2. The minimum atomic E-state index is -0.918. The Morgan fingerprint density at radius 3 is 1.03 bits per heavy atom. The van der Waals surface area contributed by atoms with Crippen LogP contribution in [0, 0.1) is 0 Å². The van der Waals surface area contributed by atoms with Gasteiger partial charge >= 0.3 is 0 Å². The van der Waals surface area contributed by atoms with Gasteiger partial charge in [0.05, 0.1) is 52.6 Å². The lowest BCUT2D eigenvalue weighted by atomic mass is 9.33. The molecule has 0 bridgehead atoms. The van der Waals surface area contributed by atoms with Crippen molar-refractivity contribution in [3.63, 3.8) is 0 Å². The highest BCUT2D eigenvalue weighted by Crippen LogP contribution is 2.57. The number of hydrogen-bond donors (Lipinski definition) is 0. The van der Waals surface area contributed by atoms with E-state index in [1.54, 1.807) is 9.13 Å². The van der Waals surface area contributed by atoms with Crippen molar-refractivity contribution in [2.24, 2.45) is 0 Å². The van der Waals surface area contributed by atoms with Crippen LogP contribution in [0.4, 0.5) is 34.1 Å². The molecule has 6 nitrogen and oxygen atoms in total. The number of para-hydroxylation sites is 6. The summed E-state index contributed by atoms with van der Waals surface area (Å²) in [5, 5.41) is 3.51. The highest BCUT2D eigenvalue weighted by atomic mass is 16.3. The summed E-state index contributed by atoms with van der Waals surface area (Å²) < 4.78 is 158. The number of anilines is 6. The normalized spacial score (nSPS) is 14.2. The number of furan rings is 2. The van der Waals surface area contributed by atoms with E-state index in [-0.39, 0.29) is 91.0 Å². The lowest BCUT2D eigenvalue weighted by molar-refractivity contribution is 0.590. The van der Waals surface area contributed by atoms with Crippen molar-refractivity contribution in [2.75, 3.05) is 9.80 Å². The second kappa shape index (κ2) is 29.3. The summed E-state index contributed by atoms with van der Waals surface area (Å²) in [6.45, 7) is 10.5. The molecule has 0 saturated heterocycles. The largest absolute Gasteiger partial charge is 0.456 e. The molecule has 4 aromatic heterocycles. The maximum Gasteiger partial charge on any atom is 0.252 e. The van der Waals surface area contributed by atoms with Crippen LogP contribution in [0.3, 0.4) is 0 Å². The SMILES string of the molecule is [2H]c1c([2H])c([2H])c2c(c1[2H])c1c([2H])c([2H])c(C(C)(C)C)c([2H])c1n2-c1ccc2c(c1)N(c1c(-c3cccc(-c4ccccc4)c3)cccc1-c1cccc3oc4ccccc4c13)c1cc(-c3cccc(-c4ccccc4)c3)cc3c1B2c1ccc(-n2c4c([2H])c([2H])c([2H])c([2H])c4c4c([2H])c([2H])c(C(C)(C)C)c([2H])c42)cc1N3c1c(-c2cccc(-c3ccccc3)c2)cccc1-c1cccc2oc3ccccc3c12. The Balaban J connectivity index is 0.909. The molecule has 2 aliphatic heterocycles. The lowest BCUT2D eigenvalue weighted by Gasteiger charge is -2.46. The topological polar surface area (TPSA) is 42.6 Å². The van der Waals surface area contributed by atoms with Crippen molar-refractivity contribution in [1.29, 1.82) is 0 Å². The summed E-state index contributed by atoms with van der Waals surface area (Å²) in [7, 11) is 0. The first-order valence-electron chi connectivity index (χ1n) is 50.8. The maximum atomic E-state index is 10.7. The summed E-state index contributed by atoms with van der Waals surface area (Å²) in [6, 6.07) is 110. The zero-order valence-corrected chi connectivity index (χ0v) is 71.4. The lowest BCUT2D eigenvalue weighted by Crippen LogP contribution is -2.61. The van der Waals surface area contributed by atoms with E-state index < -0.39 is 65.9 Å². The Kier molecular flexibility index (Phi) is 14.1. The summed E-state index contributed by atoms with van der Waals surface area (Å²) in [5.74, 6) is 0. The third-order valence-electron chi connectivity index (χ3n) is 26.1. The van der Waals surface area contributed by atoms with Crippen LogP contribution in [0.1, 0.15) is 71.9 Å². The fraction of sp³-hybridized carbons (Fsp3) is 0.0656. The molecule has 0 unspecified atom stereocenters. The smallest absolute Gasteiger partial charge is 0.252 e. The van der Waals surface area contributed by atoms with E-state index in [0.29, 0.717) is 67.8 Å². The van der Waals surface area contributed by atoms with E-state index in [9.17, 15) is 19.2 Å². The van der Waals surface area contributed by atoms with Crippen molar-refractivity contribution in [2.45, 2.75) is 52.4 Å². The molecule has 0 amide bonds. The van der Waals surface area contributed by atoms with Crippen LogP contribution in [0.25, 0.3) is 188 Å². The van der Waals surface area contributed by atoms with Gasteiger partial charge in [0, 0.05) is 99.5 Å². The van der Waals surface area contributed by atoms with Gasteiger partial charge < -0.3 is 27.8 Å². The molecule has 0 atom stereocenters. The number of hydrogen-bond acceptors (Lipinski definition) is 4. The Morgan fingerprint density at radius 2 is 0.597 bits per heavy atom. The molecule has 19 aromatic carbocycles. The number of benzene rings is 19. The van der Waals surface area contributed by atoms with Crippen molar-refractivity contribution in [3.8, 4) is 100 Å². The van der Waals surface area contributed by atoms with E-state index >= 15 is 0 Å². The van der Waals surface area contributed by atoms with Crippen molar-refractivity contribution < 1.29 is 28.0 Å². The first kappa shape index (κ1) is 62.2. The fourth-order valence-corrected chi connectivity index (χ4v) is 20.2. The summed E-state index contributed by atoms with van der Waals surface area (Å²) >= 11 is 0. The van der Waals surface area contributed by atoms with Crippen molar-refractivity contribution >= 4 is 145 Å². The van der Waals surface area contributed by atoms with Gasteiger partial charge in [-0.1, -0.05) is 357 Å². The average molecular weight is 1670 g/mol.